The molecule has 0 spiro atoms. The van der Waals surface area contributed by atoms with E-state index in [0.717, 1.165) is 48.9 Å². The molecule has 0 unspecified atom stereocenters. The third-order valence-corrected chi connectivity index (χ3v) is 6.48. The van der Waals surface area contributed by atoms with Crippen LogP contribution in [-0.2, 0) is 6.54 Å². The standard InChI is InChI=1S/C23H26N8O/c32-23-17-3-1-2-4-19(17)24-21(25-23)14-30-9-11-31(12-10-30)20-13-16(15-5-6-15)7-8-18(20)22-26-28-29-27-22/h1-4,7-8,13,15,28-29H,5-6,9-12,14H2,(H,26,27)(H,24,25,32). The van der Waals surface area contributed by atoms with Gasteiger partial charge in [-0.2, -0.15) is 0 Å². The summed E-state index contributed by atoms with van der Waals surface area (Å²) >= 11 is 0. The van der Waals surface area contributed by atoms with Gasteiger partial charge in [0.2, 0.25) is 0 Å². The highest BCUT2D eigenvalue weighted by Crippen LogP contribution is 2.42. The first-order valence-electron chi connectivity index (χ1n) is 11.2. The third kappa shape index (κ3) is 3.69. The van der Waals surface area contributed by atoms with E-state index in [1.807, 2.05) is 24.3 Å². The van der Waals surface area contributed by atoms with Gasteiger partial charge in [0, 0.05) is 37.4 Å². The Hall–Kier alpha value is -3.43. The summed E-state index contributed by atoms with van der Waals surface area (Å²) in [7, 11) is 0. The van der Waals surface area contributed by atoms with Crippen LogP contribution in [0.25, 0.3) is 10.9 Å². The second-order valence-corrected chi connectivity index (χ2v) is 8.67. The number of nitrogens with one attached hydrogen (secondary N) is 4. The molecule has 1 saturated heterocycles. The Bertz CT molecular complexity index is 1240. The molecule has 3 aliphatic rings. The number of piperazine rings is 1. The average molecular weight is 431 g/mol. The second-order valence-electron chi connectivity index (χ2n) is 8.67. The number of amidine groups is 1. The second kappa shape index (κ2) is 7.92. The maximum absolute atomic E-state index is 12.4. The van der Waals surface area contributed by atoms with Crippen molar-refractivity contribution in [2.75, 3.05) is 31.1 Å². The lowest BCUT2D eigenvalue weighted by molar-refractivity contribution is 0.244. The van der Waals surface area contributed by atoms with Crippen LogP contribution in [0.5, 0.6) is 0 Å². The largest absolute Gasteiger partial charge is 0.368 e. The van der Waals surface area contributed by atoms with Crippen LogP contribution in [-0.4, -0.2) is 46.9 Å². The van der Waals surface area contributed by atoms with E-state index in [0.29, 0.717) is 17.8 Å². The first-order valence-corrected chi connectivity index (χ1v) is 11.2. The zero-order valence-corrected chi connectivity index (χ0v) is 17.8. The minimum Gasteiger partial charge on any atom is -0.368 e. The van der Waals surface area contributed by atoms with E-state index in [-0.39, 0.29) is 5.56 Å². The minimum atomic E-state index is -0.0715. The summed E-state index contributed by atoms with van der Waals surface area (Å²) in [6, 6.07) is 14.2. The zero-order valence-electron chi connectivity index (χ0n) is 17.8. The molecule has 2 aromatic carbocycles. The van der Waals surface area contributed by atoms with Crippen molar-refractivity contribution in [2.45, 2.75) is 25.3 Å². The van der Waals surface area contributed by atoms with Crippen LogP contribution < -0.4 is 27.0 Å². The highest BCUT2D eigenvalue weighted by Gasteiger charge is 2.27. The number of benzene rings is 2. The molecule has 1 aliphatic carbocycles. The van der Waals surface area contributed by atoms with Gasteiger partial charge in [-0.25, -0.2) is 10.5 Å². The molecule has 0 atom stereocenters. The Kier molecular flexibility index (Phi) is 4.77. The Labute approximate surface area is 185 Å². The molecular weight excluding hydrogens is 404 g/mol. The normalized spacial score (nSPS) is 19.0. The van der Waals surface area contributed by atoms with Crippen molar-refractivity contribution in [2.24, 2.45) is 5.10 Å². The predicted molar refractivity (Wildman–Crippen MR) is 124 cm³/mol. The van der Waals surface area contributed by atoms with Gasteiger partial charge in [0.05, 0.1) is 17.4 Å². The highest BCUT2D eigenvalue weighted by atomic mass is 16.1. The van der Waals surface area contributed by atoms with Gasteiger partial charge in [-0.15, -0.1) is 10.6 Å². The monoisotopic (exact) mass is 430 g/mol. The van der Waals surface area contributed by atoms with E-state index in [2.05, 4.69) is 59.6 Å². The van der Waals surface area contributed by atoms with Crippen LogP contribution in [0.3, 0.4) is 0 Å². The van der Waals surface area contributed by atoms with E-state index < -0.39 is 0 Å². The van der Waals surface area contributed by atoms with Crippen molar-refractivity contribution in [3.63, 3.8) is 0 Å². The maximum atomic E-state index is 12.4. The first-order chi connectivity index (χ1) is 15.7. The van der Waals surface area contributed by atoms with Crippen molar-refractivity contribution in [3.05, 3.63) is 69.8 Å². The molecule has 1 saturated carbocycles. The summed E-state index contributed by atoms with van der Waals surface area (Å²) in [5.41, 5.74) is 13.1. The number of anilines is 1. The fourth-order valence-corrected chi connectivity index (χ4v) is 4.58. The Balaban J connectivity index is 1.19. The maximum Gasteiger partial charge on any atom is 0.258 e. The molecule has 9 nitrogen and oxygen atoms in total. The molecule has 4 N–H and O–H groups in total. The Morgan fingerprint density at radius 2 is 1.88 bits per heavy atom. The quantitative estimate of drug-likeness (QED) is 0.485. The fraction of sp³-hybridized carbons (Fsp3) is 0.348. The van der Waals surface area contributed by atoms with Crippen molar-refractivity contribution in [1.29, 1.82) is 0 Å². The Morgan fingerprint density at radius 3 is 2.66 bits per heavy atom. The van der Waals surface area contributed by atoms with Crippen molar-refractivity contribution < 1.29 is 0 Å². The number of aromatic amines is 1. The van der Waals surface area contributed by atoms with Gasteiger partial charge in [0.25, 0.3) is 5.56 Å². The molecule has 9 heteroatoms. The van der Waals surface area contributed by atoms with Gasteiger partial charge in [-0.05, 0) is 48.6 Å². The molecule has 0 amide bonds. The lowest BCUT2D eigenvalue weighted by Gasteiger charge is -2.37. The molecule has 32 heavy (non-hydrogen) atoms. The number of para-hydroxylation sites is 1. The van der Waals surface area contributed by atoms with Crippen LogP contribution in [0.4, 0.5) is 5.69 Å². The minimum absolute atomic E-state index is 0.0715. The molecule has 6 rings (SSSR count). The van der Waals surface area contributed by atoms with Crippen LogP contribution in [0.1, 0.15) is 35.7 Å². The third-order valence-electron chi connectivity index (χ3n) is 6.48. The topological polar surface area (TPSA) is 101 Å². The van der Waals surface area contributed by atoms with Gasteiger partial charge in [-0.3, -0.25) is 15.1 Å². The molecule has 2 fully saturated rings. The van der Waals surface area contributed by atoms with Crippen LogP contribution >= 0.6 is 0 Å². The molecule has 1 aromatic heterocycles. The van der Waals surface area contributed by atoms with Gasteiger partial charge in [-0.1, -0.05) is 18.2 Å². The lowest BCUT2D eigenvalue weighted by Crippen LogP contribution is -2.47. The molecule has 0 bridgehead atoms. The number of hydrogen-bond donors (Lipinski definition) is 4. The van der Waals surface area contributed by atoms with E-state index in [1.54, 1.807) is 0 Å². The van der Waals surface area contributed by atoms with Crippen molar-refractivity contribution >= 4 is 22.4 Å². The van der Waals surface area contributed by atoms with Gasteiger partial charge in [0.15, 0.2) is 5.84 Å². The Morgan fingerprint density at radius 1 is 1.03 bits per heavy atom. The predicted octanol–water partition coefficient (Wildman–Crippen LogP) is 1.40. The summed E-state index contributed by atoms with van der Waals surface area (Å²) in [6.07, 6.45) is 2.57. The molecule has 3 heterocycles. The van der Waals surface area contributed by atoms with E-state index in [1.165, 1.54) is 24.1 Å². The van der Waals surface area contributed by atoms with Gasteiger partial charge < -0.3 is 9.88 Å². The highest BCUT2D eigenvalue weighted by molar-refractivity contribution is 6.04. The zero-order chi connectivity index (χ0) is 21.5. The van der Waals surface area contributed by atoms with Crippen molar-refractivity contribution in [1.82, 2.24) is 31.4 Å². The number of nitrogens with zero attached hydrogens (tertiary/aromatic N) is 4. The number of fused-ring (bicyclic) bond motifs is 1. The molecule has 2 aliphatic heterocycles. The average Bonchev–Trinajstić information content (AvgIpc) is 3.53. The fourth-order valence-electron chi connectivity index (χ4n) is 4.58. The van der Waals surface area contributed by atoms with Gasteiger partial charge >= 0.3 is 0 Å². The number of hydrazone groups is 1. The van der Waals surface area contributed by atoms with Crippen LogP contribution in [0.15, 0.2) is 52.4 Å². The van der Waals surface area contributed by atoms with Crippen LogP contribution in [0.2, 0.25) is 0 Å². The number of rotatable bonds is 5. The first kappa shape index (κ1) is 19.3. The molecular formula is C23H26N8O. The summed E-state index contributed by atoms with van der Waals surface area (Å²) in [4.78, 5) is 24.8. The summed E-state index contributed by atoms with van der Waals surface area (Å²) < 4.78 is 0. The van der Waals surface area contributed by atoms with Gasteiger partial charge in [0.1, 0.15) is 5.82 Å². The number of hydrazine groups is 2. The molecule has 164 valence electrons. The lowest BCUT2D eigenvalue weighted by atomic mass is 10.0. The number of aromatic nitrogens is 2. The van der Waals surface area contributed by atoms with E-state index in [9.17, 15) is 4.79 Å². The smallest absolute Gasteiger partial charge is 0.258 e. The number of H-pyrrole nitrogens is 1. The van der Waals surface area contributed by atoms with Crippen LogP contribution in [0, 0.1) is 0 Å². The van der Waals surface area contributed by atoms with Crippen molar-refractivity contribution in [3.8, 4) is 0 Å². The number of hydrogen-bond acceptors (Lipinski definition) is 8. The SMILES string of the molecule is O=c1[nH]c(CN2CCN(c3cc(C4CC4)ccc3C3=NNNN3)CC2)nc2ccccc12. The molecule has 0 radical (unpaired) electrons. The van der Waals surface area contributed by atoms with E-state index >= 15 is 0 Å². The summed E-state index contributed by atoms with van der Waals surface area (Å²) in [5.74, 6) is 2.23. The summed E-state index contributed by atoms with van der Waals surface area (Å²) in [6.45, 7) is 4.27. The molecule has 3 aromatic rings. The van der Waals surface area contributed by atoms with E-state index in [4.69, 9.17) is 0 Å². The summed E-state index contributed by atoms with van der Waals surface area (Å²) in [5, 5.41) is 4.96.